The van der Waals surface area contributed by atoms with Crippen LogP contribution in [0.1, 0.15) is 15.9 Å². The highest BCUT2D eigenvalue weighted by atomic mass is 35.5. The lowest BCUT2D eigenvalue weighted by atomic mass is 10.2. The van der Waals surface area contributed by atoms with Crippen molar-refractivity contribution in [3.63, 3.8) is 0 Å². The summed E-state index contributed by atoms with van der Waals surface area (Å²) >= 11 is 5.93. The highest BCUT2D eigenvalue weighted by Crippen LogP contribution is 2.32. The van der Waals surface area contributed by atoms with Gasteiger partial charge in [-0.2, -0.15) is 0 Å². The second kappa shape index (κ2) is 6.67. The van der Waals surface area contributed by atoms with E-state index in [0.29, 0.717) is 27.8 Å². The van der Waals surface area contributed by atoms with Gasteiger partial charge in [0.25, 0.3) is 0 Å². The van der Waals surface area contributed by atoms with Crippen molar-refractivity contribution in [2.75, 3.05) is 13.9 Å². The first-order chi connectivity index (χ1) is 11.6. The van der Waals surface area contributed by atoms with Crippen LogP contribution in [0.25, 0.3) is 0 Å². The molecule has 0 amide bonds. The van der Waals surface area contributed by atoms with Gasteiger partial charge in [-0.1, -0.05) is 16.8 Å². The molecule has 0 saturated heterocycles. The molecule has 3 rings (SSSR count). The van der Waals surface area contributed by atoms with Crippen LogP contribution in [0, 0.1) is 0 Å². The second-order valence-corrected chi connectivity index (χ2v) is 5.20. The minimum Gasteiger partial charge on any atom is -0.496 e. The summed E-state index contributed by atoms with van der Waals surface area (Å²) in [6, 6.07) is 9.52. The van der Waals surface area contributed by atoms with E-state index in [9.17, 15) is 4.79 Å². The SMILES string of the molecule is COc1ccc(Cl)cc1/C(N)=N/OC(=O)c1ccc2c(c1)OCO2. The Balaban J connectivity index is 1.77. The van der Waals surface area contributed by atoms with E-state index in [1.54, 1.807) is 30.3 Å². The molecule has 1 aliphatic heterocycles. The van der Waals surface area contributed by atoms with Gasteiger partial charge in [0.1, 0.15) is 5.75 Å². The number of hydrogen-bond donors (Lipinski definition) is 1. The maximum Gasteiger partial charge on any atom is 0.365 e. The third-order valence-corrected chi connectivity index (χ3v) is 3.51. The van der Waals surface area contributed by atoms with Gasteiger partial charge >= 0.3 is 5.97 Å². The number of amidine groups is 1. The van der Waals surface area contributed by atoms with Gasteiger partial charge in [-0.05, 0) is 36.4 Å². The van der Waals surface area contributed by atoms with E-state index in [1.165, 1.54) is 13.2 Å². The van der Waals surface area contributed by atoms with E-state index in [0.717, 1.165) is 0 Å². The third kappa shape index (κ3) is 3.21. The number of benzene rings is 2. The Bertz CT molecular complexity index is 822. The van der Waals surface area contributed by atoms with Crippen LogP contribution in [0.15, 0.2) is 41.6 Å². The zero-order chi connectivity index (χ0) is 17.1. The largest absolute Gasteiger partial charge is 0.496 e. The Morgan fingerprint density at radius 2 is 2.00 bits per heavy atom. The average molecular weight is 349 g/mol. The van der Waals surface area contributed by atoms with Gasteiger partial charge in [0.2, 0.25) is 6.79 Å². The first-order valence-corrected chi connectivity index (χ1v) is 7.24. The standard InChI is InChI=1S/C16H13ClN2O5/c1-21-12-5-3-10(17)7-11(12)15(18)19-24-16(20)9-2-4-13-14(6-9)23-8-22-13/h2-7H,8H2,1H3,(H2,18,19). The number of fused-ring (bicyclic) bond motifs is 1. The number of carbonyl (C=O) groups excluding carboxylic acids is 1. The second-order valence-electron chi connectivity index (χ2n) is 4.77. The molecule has 0 spiro atoms. The normalized spacial score (nSPS) is 12.8. The molecule has 24 heavy (non-hydrogen) atoms. The molecule has 0 bridgehead atoms. The molecule has 0 saturated carbocycles. The fourth-order valence-electron chi connectivity index (χ4n) is 2.10. The summed E-state index contributed by atoms with van der Waals surface area (Å²) in [6.07, 6.45) is 0. The van der Waals surface area contributed by atoms with Gasteiger partial charge < -0.3 is 24.8 Å². The molecule has 0 unspecified atom stereocenters. The highest BCUT2D eigenvalue weighted by molar-refractivity contribution is 6.31. The van der Waals surface area contributed by atoms with E-state index in [1.807, 2.05) is 0 Å². The summed E-state index contributed by atoms with van der Waals surface area (Å²) in [5.41, 5.74) is 6.52. The number of methoxy groups -OCH3 is 1. The lowest BCUT2D eigenvalue weighted by molar-refractivity contribution is 0.0515. The lowest BCUT2D eigenvalue weighted by Crippen LogP contribution is -2.16. The monoisotopic (exact) mass is 348 g/mol. The molecule has 8 heteroatoms. The third-order valence-electron chi connectivity index (χ3n) is 3.27. The molecule has 124 valence electrons. The number of nitrogens with two attached hydrogens (primary N) is 1. The minimum absolute atomic E-state index is 0.0385. The Hall–Kier alpha value is -2.93. The molecule has 2 aromatic rings. The molecule has 1 aliphatic rings. The average Bonchev–Trinajstić information content (AvgIpc) is 3.06. The van der Waals surface area contributed by atoms with Crippen LogP contribution in [-0.4, -0.2) is 25.7 Å². The van der Waals surface area contributed by atoms with Crippen molar-refractivity contribution in [2.45, 2.75) is 0 Å². The molecule has 2 aromatic carbocycles. The predicted octanol–water partition coefficient (Wildman–Crippen LogP) is 2.55. The number of nitrogens with zero attached hydrogens (tertiary/aromatic N) is 1. The Morgan fingerprint density at radius 1 is 1.21 bits per heavy atom. The van der Waals surface area contributed by atoms with E-state index >= 15 is 0 Å². The zero-order valence-electron chi connectivity index (χ0n) is 12.6. The molecule has 0 aromatic heterocycles. The summed E-state index contributed by atoms with van der Waals surface area (Å²) in [6.45, 7) is 0.119. The van der Waals surface area contributed by atoms with Crippen molar-refractivity contribution < 1.29 is 23.8 Å². The molecule has 0 atom stereocenters. The van der Waals surface area contributed by atoms with Crippen molar-refractivity contribution in [1.82, 2.24) is 0 Å². The van der Waals surface area contributed by atoms with E-state index in [2.05, 4.69) is 5.16 Å². The van der Waals surface area contributed by atoms with Crippen LogP contribution in [0.5, 0.6) is 17.2 Å². The Labute approximate surface area is 142 Å². The van der Waals surface area contributed by atoms with Crippen LogP contribution in [0.4, 0.5) is 0 Å². The van der Waals surface area contributed by atoms with Crippen LogP contribution >= 0.6 is 11.6 Å². The summed E-state index contributed by atoms with van der Waals surface area (Å²) in [5, 5.41) is 4.10. The van der Waals surface area contributed by atoms with Crippen molar-refractivity contribution >= 4 is 23.4 Å². The van der Waals surface area contributed by atoms with Gasteiger partial charge in [-0.3, -0.25) is 0 Å². The van der Waals surface area contributed by atoms with Crippen molar-refractivity contribution in [2.24, 2.45) is 10.9 Å². The van der Waals surface area contributed by atoms with Gasteiger partial charge in [-0.15, -0.1) is 0 Å². The number of ether oxygens (including phenoxy) is 3. The van der Waals surface area contributed by atoms with Gasteiger partial charge in [0.05, 0.1) is 18.2 Å². The minimum atomic E-state index is -0.683. The Kier molecular flexibility index (Phi) is 4.43. The van der Waals surface area contributed by atoms with Crippen LogP contribution in [0.3, 0.4) is 0 Å². The number of oxime groups is 1. The first-order valence-electron chi connectivity index (χ1n) is 6.87. The molecule has 0 radical (unpaired) electrons. The number of hydrogen-bond acceptors (Lipinski definition) is 6. The van der Waals surface area contributed by atoms with Crippen molar-refractivity contribution in [3.05, 3.63) is 52.5 Å². The molecule has 7 nitrogen and oxygen atoms in total. The van der Waals surface area contributed by atoms with Gasteiger partial charge in [-0.25, -0.2) is 4.79 Å². The van der Waals surface area contributed by atoms with Crippen LogP contribution in [0.2, 0.25) is 5.02 Å². The number of carbonyl (C=O) groups is 1. The fourth-order valence-corrected chi connectivity index (χ4v) is 2.27. The number of halogens is 1. The first kappa shape index (κ1) is 15.9. The lowest BCUT2D eigenvalue weighted by Gasteiger charge is -2.08. The van der Waals surface area contributed by atoms with Crippen LogP contribution < -0.4 is 19.9 Å². The molecule has 1 heterocycles. The molecular formula is C16H13ClN2O5. The van der Waals surface area contributed by atoms with Gasteiger partial charge in [0, 0.05) is 5.02 Å². The maximum atomic E-state index is 12.1. The molecular weight excluding hydrogens is 336 g/mol. The summed E-state index contributed by atoms with van der Waals surface area (Å²) in [7, 11) is 1.48. The van der Waals surface area contributed by atoms with Crippen molar-refractivity contribution in [1.29, 1.82) is 0 Å². The highest BCUT2D eigenvalue weighted by Gasteiger charge is 2.17. The zero-order valence-corrected chi connectivity index (χ0v) is 13.4. The van der Waals surface area contributed by atoms with Gasteiger partial charge in [0.15, 0.2) is 17.3 Å². The Morgan fingerprint density at radius 3 is 2.79 bits per heavy atom. The topological polar surface area (TPSA) is 92.4 Å². The maximum absolute atomic E-state index is 12.1. The molecule has 0 aliphatic carbocycles. The fraction of sp³-hybridized carbons (Fsp3) is 0.125. The summed E-state index contributed by atoms with van der Waals surface area (Å²) < 4.78 is 15.6. The van der Waals surface area contributed by atoms with Crippen LogP contribution in [-0.2, 0) is 4.84 Å². The smallest absolute Gasteiger partial charge is 0.365 e. The van der Waals surface area contributed by atoms with E-state index in [-0.39, 0.29) is 18.2 Å². The van der Waals surface area contributed by atoms with E-state index in [4.69, 9.17) is 36.4 Å². The van der Waals surface area contributed by atoms with Crippen molar-refractivity contribution in [3.8, 4) is 17.2 Å². The summed E-state index contributed by atoms with van der Waals surface area (Å²) in [5.74, 6) is 0.775. The van der Waals surface area contributed by atoms with E-state index < -0.39 is 5.97 Å². The number of rotatable bonds is 4. The summed E-state index contributed by atoms with van der Waals surface area (Å²) in [4.78, 5) is 16.9. The molecule has 0 fully saturated rings. The molecule has 2 N–H and O–H groups in total. The quantitative estimate of drug-likeness (QED) is 0.395. The predicted molar refractivity (Wildman–Crippen MR) is 86.7 cm³/mol.